The van der Waals surface area contributed by atoms with Crippen molar-refractivity contribution in [2.75, 3.05) is 31.1 Å². The second-order valence-electron chi connectivity index (χ2n) is 6.23. The molecule has 1 aliphatic rings. The number of hydrogen-bond acceptors (Lipinski definition) is 3. The van der Waals surface area contributed by atoms with E-state index < -0.39 is 0 Å². The lowest BCUT2D eigenvalue weighted by Crippen LogP contribution is -2.49. The van der Waals surface area contributed by atoms with Crippen LogP contribution in [0.15, 0.2) is 48.5 Å². The molecule has 0 atom stereocenters. The third-order valence-electron chi connectivity index (χ3n) is 4.61. The Morgan fingerprint density at radius 3 is 2.62 bits per heavy atom. The first-order chi connectivity index (χ1) is 11.7. The zero-order valence-electron chi connectivity index (χ0n) is 13.7. The van der Waals surface area contributed by atoms with Crippen LogP contribution in [-0.2, 0) is 0 Å². The molecule has 0 spiro atoms. The fourth-order valence-electron chi connectivity index (χ4n) is 3.27. The average molecular weight is 320 g/mol. The van der Waals surface area contributed by atoms with Crippen molar-refractivity contribution in [1.82, 2.24) is 15.1 Å². The van der Waals surface area contributed by atoms with E-state index in [1.54, 1.807) is 0 Å². The zero-order chi connectivity index (χ0) is 16.5. The van der Waals surface area contributed by atoms with E-state index in [1.165, 1.54) is 11.3 Å². The minimum atomic E-state index is 0.0348. The Kier molecular flexibility index (Phi) is 3.69. The van der Waals surface area contributed by atoms with Crippen LogP contribution in [0, 0.1) is 6.92 Å². The summed E-state index contributed by atoms with van der Waals surface area (Å²) in [6.45, 7) is 5.25. The number of benzene rings is 2. The van der Waals surface area contributed by atoms with Gasteiger partial charge in [-0.05, 0) is 30.7 Å². The van der Waals surface area contributed by atoms with Gasteiger partial charge in [-0.3, -0.25) is 9.89 Å². The fourth-order valence-corrected chi connectivity index (χ4v) is 3.27. The van der Waals surface area contributed by atoms with Crippen molar-refractivity contribution in [3.8, 4) is 0 Å². The Bertz CT molecular complexity index is 878. The van der Waals surface area contributed by atoms with Gasteiger partial charge in [0.25, 0.3) is 5.91 Å². The van der Waals surface area contributed by atoms with Crippen molar-refractivity contribution >= 4 is 22.5 Å². The highest BCUT2D eigenvalue weighted by molar-refractivity contribution is 6.04. The molecule has 0 radical (unpaired) electrons. The van der Waals surface area contributed by atoms with Gasteiger partial charge in [-0.2, -0.15) is 5.10 Å². The summed E-state index contributed by atoms with van der Waals surface area (Å²) >= 11 is 0. The number of H-pyrrole nitrogens is 1. The molecule has 3 aromatic rings. The van der Waals surface area contributed by atoms with Gasteiger partial charge in [0.15, 0.2) is 0 Å². The lowest BCUT2D eigenvalue weighted by Gasteiger charge is -2.36. The second kappa shape index (κ2) is 6.00. The molecule has 1 fully saturated rings. The Balaban J connectivity index is 1.48. The number of hydrogen-bond donors (Lipinski definition) is 1. The third kappa shape index (κ3) is 2.62. The number of fused-ring (bicyclic) bond motifs is 1. The van der Waals surface area contributed by atoms with Crippen molar-refractivity contribution < 1.29 is 4.79 Å². The van der Waals surface area contributed by atoms with Gasteiger partial charge < -0.3 is 9.80 Å². The van der Waals surface area contributed by atoms with Gasteiger partial charge >= 0.3 is 0 Å². The maximum absolute atomic E-state index is 12.8. The largest absolute Gasteiger partial charge is 0.368 e. The Hall–Kier alpha value is -2.82. The molecule has 0 aliphatic carbocycles. The molecule has 2 aromatic carbocycles. The number of rotatable bonds is 2. The first-order valence-corrected chi connectivity index (χ1v) is 8.26. The Morgan fingerprint density at radius 1 is 1.04 bits per heavy atom. The van der Waals surface area contributed by atoms with Crippen LogP contribution in [0.2, 0.25) is 0 Å². The first-order valence-electron chi connectivity index (χ1n) is 8.26. The van der Waals surface area contributed by atoms with Gasteiger partial charge in [0.1, 0.15) is 5.69 Å². The van der Waals surface area contributed by atoms with Gasteiger partial charge in [-0.25, -0.2) is 0 Å². The minimum absolute atomic E-state index is 0.0348. The molecule has 4 rings (SSSR count). The van der Waals surface area contributed by atoms with Crippen LogP contribution < -0.4 is 4.90 Å². The summed E-state index contributed by atoms with van der Waals surface area (Å²) in [5.41, 5.74) is 3.91. The summed E-state index contributed by atoms with van der Waals surface area (Å²) in [5, 5.41) is 8.02. The summed E-state index contributed by atoms with van der Waals surface area (Å²) in [6, 6.07) is 16.2. The number of aromatic amines is 1. The molecule has 24 heavy (non-hydrogen) atoms. The van der Waals surface area contributed by atoms with Gasteiger partial charge in [0.05, 0.1) is 5.52 Å². The lowest BCUT2D eigenvalue weighted by atomic mass is 10.1. The monoisotopic (exact) mass is 320 g/mol. The molecular weight excluding hydrogens is 300 g/mol. The van der Waals surface area contributed by atoms with Gasteiger partial charge in [0, 0.05) is 37.3 Å². The number of carbonyl (C=O) groups is 1. The fraction of sp³-hybridized carbons (Fsp3) is 0.263. The summed E-state index contributed by atoms with van der Waals surface area (Å²) in [5.74, 6) is 0.0348. The van der Waals surface area contributed by atoms with Gasteiger partial charge in [-0.15, -0.1) is 0 Å². The van der Waals surface area contributed by atoms with E-state index in [4.69, 9.17) is 0 Å². The number of carbonyl (C=O) groups excluding carboxylic acids is 1. The summed E-state index contributed by atoms with van der Waals surface area (Å²) < 4.78 is 0. The number of aryl methyl sites for hydroxylation is 1. The van der Waals surface area contributed by atoms with Crippen molar-refractivity contribution in [1.29, 1.82) is 0 Å². The molecule has 1 amide bonds. The van der Waals surface area contributed by atoms with E-state index in [9.17, 15) is 4.79 Å². The molecule has 1 aliphatic heterocycles. The Morgan fingerprint density at radius 2 is 1.83 bits per heavy atom. The smallest absolute Gasteiger partial charge is 0.272 e. The number of para-hydroxylation sites is 1. The third-order valence-corrected chi connectivity index (χ3v) is 4.61. The van der Waals surface area contributed by atoms with Crippen molar-refractivity contribution in [2.45, 2.75) is 6.92 Å². The van der Waals surface area contributed by atoms with Crippen LogP contribution in [0.4, 0.5) is 5.69 Å². The quantitative estimate of drug-likeness (QED) is 0.790. The normalized spacial score (nSPS) is 15.0. The maximum atomic E-state index is 12.8. The zero-order valence-corrected chi connectivity index (χ0v) is 13.7. The Labute approximate surface area is 140 Å². The number of anilines is 1. The molecule has 0 unspecified atom stereocenters. The van der Waals surface area contributed by atoms with Crippen molar-refractivity contribution in [2.24, 2.45) is 0 Å². The predicted octanol–water partition coefficient (Wildman–Crippen LogP) is 2.83. The lowest BCUT2D eigenvalue weighted by molar-refractivity contribution is 0.0742. The minimum Gasteiger partial charge on any atom is -0.368 e. The summed E-state index contributed by atoms with van der Waals surface area (Å²) in [6.07, 6.45) is 0. The van der Waals surface area contributed by atoms with Crippen molar-refractivity contribution in [3.63, 3.8) is 0 Å². The molecule has 122 valence electrons. The number of amides is 1. The van der Waals surface area contributed by atoms with E-state index >= 15 is 0 Å². The van der Waals surface area contributed by atoms with Crippen molar-refractivity contribution in [3.05, 3.63) is 59.8 Å². The highest BCUT2D eigenvalue weighted by Crippen LogP contribution is 2.20. The SMILES string of the molecule is Cc1cccc(N2CCN(C(=O)c3[nH]nc4ccccc34)CC2)c1. The number of nitrogens with one attached hydrogen (secondary N) is 1. The number of piperazine rings is 1. The van der Waals surface area contributed by atoms with E-state index in [0.717, 1.165) is 37.1 Å². The van der Waals surface area contributed by atoms with Crippen LogP contribution >= 0.6 is 0 Å². The van der Waals surface area contributed by atoms with Crippen LogP contribution in [0.3, 0.4) is 0 Å². The summed E-state index contributed by atoms with van der Waals surface area (Å²) in [7, 11) is 0. The van der Waals surface area contributed by atoms with E-state index in [-0.39, 0.29) is 5.91 Å². The first kappa shape index (κ1) is 14.8. The molecule has 1 N–H and O–H groups in total. The van der Waals surface area contributed by atoms with Gasteiger partial charge in [0.2, 0.25) is 0 Å². The highest BCUT2D eigenvalue weighted by Gasteiger charge is 2.24. The molecule has 1 saturated heterocycles. The highest BCUT2D eigenvalue weighted by atomic mass is 16.2. The molecule has 5 nitrogen and oxygen atoms in total. The van der Waals surface area contributed by atoms with Crippen LogP contribution in [0.1, 0.15) is 16.1 Å². The summed E-state index contributed by atoms with van der Waals surface area (Å²) in [4.78, 5) is 17.1. The van der Waals surface area contributed by atoms with E-state index in [2.05, 4.69) is 46.3 Å². The number of nitrogens with zero attached hydrogens (tertiary/aromatic N) is 3. The molecule has 1 aromatic heterocycles. The average Bonchev–Trinajstić information content (AvgIpc) is 3.05. The van der Waals surface area contributed by atoms with E-state index in [1.807, 2.05) is 29.2 Å². The van der Waals surface area contributed by atoms with E-state index in [0.29, 0.717) is 5.69 Å². The number of aromatic nitrogens is 2. The molecule has 0 bridgehead atoms. The topological polar surface area (TPSA) is 52.2 Å². The maximum Gasteiger partial charge on any atom is 0.272 e. The molecular formula is C19H20N4O. The molecule has 0 saturated carbocycles. The predicted molar refractivity (Wildman–Crippen MR) is 95.4 cm³/mol. The molecule has 2 heterocycles. The van der Waals surface area contributed by atoms with Crippen LogP contribution in [-0.4, -0.2) is 47.2 Å². The molecule has 5 heteroatoms. The van der Waals surface area contributed by atoms with Crippen LogP contribution in [0.25, 0.3) is 10.9 Å². The second-order valence-corrected chi connectivity index (χ2v) is 6.23. The van der Waals surface area contributed by atoms with Crippen LogP contribution in [0.5, 0.6) is 0 Å². The standard InChI is InChI=1S/C19H20N4O/c1-14-5-4-6-15(13-14)22-9-11-23(12-10-22)19(24)18-16-7-2-3-8-17(16)20-21-18/h2-8,13H,9-12H2,1H3,(H,20,21). The van der Waals surface area contributed by atoms with Gasteiger partial charge in [-0.1, -0.05) is 30.3 Å².